The summed E-state index contributed by atoms with van der Waals surface area (Å²) in [6, 6.07) is 11.6. The van der Waals surface area contributed by atoms with Crippen LogP contribution in [0.15, 0.2) is 55.1 Å². The van der Waals surface area contributed by atoms with E-state index in [1.54, 1.807) is 19.3 Å². The lowest BCUT2D eigenvalue weighted by Gasteiger charge is -2.65. The number of hydrogen-bond donors (Lipinski definition) is 2. The summed E-state index contributed by atoms with van der Waals surface area (Å²) in [5.41, 5.74) is 2.57. The Balaban J connectivity index is 1.51. The van der Waals surface area contributed by atoms with Crippen molar-refractivity contribution < 1.29 is 19.7 Å². The zero-order valence-electron chi connectivity index (χ0n) is 22.1. The number of phenolic OH excluding ortho intramolecular Hbond substituents is 1. The Hall–Kier alpha value is -3.09. The van der Waals surface area contributed by atoms with Gasteiger partial charge in [-0.25, -0.2) is 0 Å². The van der Waals surface area contributed by atoms with E-state index >= 15 is 0 Å². The number of nitrogens with zero attached hydrogens (tertiary/aromatic N) is 2. The molecule has 1 saturated carbocycles. The molecule has 1 aliphatic heterocycles. The van der Waals surface area contributed by atoms with Crippen LogP contribution in [0.3, 0.4) is 0 Å². The molecule has 6 nitrogen and oxygen atoms in total. The second-order valence-corrected chi connectivity index (χ2v) is 11.0. The molecule has 4 atom stereocenters. The van der Waals surface area contributed by atoms with Crippen LogP contribution in [0, 0.1) is 6.92 Å². The number of amides is 1. The fourth-order valence-corrected chi connectivity index (χ4v) is 7.32. The second kappa shape index (κ2) is 9.66. The lowest BCUT2D eigenvalue weighted by molar-refractivity contribution is -0.175. The number of aryl methyl sites for hydroxylation is 1. The van der Waals surface area contributed by atoms with Gasteiger partial charge in [0.05, 0.1) is 12.7 Å². The summed E-state index contributed by atoms with van der Waals surface area (Å²) in [6.45, 7) is 7.51. The van der Waals surface area contributed by atoms with Crippen molar-refractivity contribution in [1.29, 1.82) is 0 Å². The van der Waals surface area contributed by atoms with Gasteiger partial charge in [0.1, 0.15) is 0 Å². The number of aliphatic hydroxyl groups is 1. The number of carbonyl (C=O) groups is 1. The van der Waals surface area contributed by atoms with E-state index in [0.29, 0.717) is 31.4 Å². The number of rotatable bonds is 6. The number of phenols is 1. The maximum absolute atomic E-state index is 13.3. The summed E-state index contributed by atoms with van der Waals surface area (Å²) >= 11 is 0. The number of benzene rings is 2. The largest absolute Gasteiger partial charge is 0.504 e. The lowest BCUT2D eigenvalue weighted by Crippen LogP contribution is -2.74. The third kappa shape index (κ3) is 4.07. The Morgan fingerprint density at radius 1 is 1.30 bits per heavy atom. The van der Waals surface area contributed by atoms with Crippen LogP contribution in [0.4, 0.5) is 0 Å². The minimum Gasteiger partial charge on any atom is -0.504 e. The zero-order chi connectivity index (χ0) is 26.4. The van der Waals surface area contributed by atoms with Crippen LogP contribution >= 0.6 is 0 Å². The molecule has 1 saturated heterocycles. The first-order chi connectivity index (χ1) is 17.7. The van der Waals surface area contributed by atoms with Gasteiger partial charge >= 0.3 is 0 Å². The molecule has 0 radical (unpaired) electrons. The van der Waals surface area contributed by atoms with Gasteiger partial charge in [-0.3, -0.25) is 9.69 Å². The molecule has 2 aromatic carbocycles. The molecule has 2 aromatic rings. The molecule has 5 rings (SSSR count). The number of aromatic hydroxyl groups is 1. The van der Waals surface area contributed by atoms with Crippen molar-refractivity contribution in [2.24, 2.45) is 0 Å². The molecule has 1 amide bonds. The molecule has 1 heterocycles. The first kappa shape index (κ1) is 25.6. The normalized spacial score (nSPS) is 28.9. The quantitative estimate of drug-likeness (QED) is 0.457. The smallest absolute Gasteiger partial charge is 0.246 e. The highest BCUT2D eigenvalue weighted by Crippen LogP contribution is 2.61. The summed E-state index contributed by atoms with van der Waals surface area (Å²) in [5, 5.41) is 23.2. The maximum atomic E-state index is 13.3. The Kier molecular flexibility index (Phi) is 6.67. The lowest BCUT2D eigenvalue weighted by atomic mass is 9.48. The standard InChI is InChI=1S/C31H38N2O4/c1-5-16-33-17-15-30-20-24(32(3)27(35)12-9-22-8-6-7-21(2)18-22)13-14-31(30,36)26(33)19-23-10-11-25(34)29(37-4)28(23)30/h5-12,18,24,26,34,36H,1,13-17,19-20H2,2-4H3/t24-,26+,30+,31+/m0/s1. The number of hydrogen-bond acceptors (Lipinski definition) is 5. The van der Waals surface area contributed by atoms with Gasteiger partial charge in [0, 0.05) is 42.7 Å². The molecule has 2 fully saturated rings. The van der Waals surface area contributed by atoms with Gasteiger partial charge in [-0.15, -0.1) is 6.58 Å². The predicted molar refractivity (Wildman–Crippen MR) is 146 cm³/mol. The predicted octanol–water partition coefficient (Wildman–Crippen LogP) is 4.22. The molecule has 0 spiro atoms. The van der Waals surface area contributed by atoms with Crippen LogP contribution in [0.5, 0.6) is 11.5 Å². The van der Waals surface area contributed by atoms with Crippen molar-refractivity contribution >= 4 is 12.0 Å². The van der Waals surface area contributed by atoms with E-state index in [-0.39, 0.29) is 23.7 Å². The number of fused-ring (bicyclic) bond motifs is 1. The van der Waals surface area contributed by atoms with Crippen molar-refractivity contribution in [3.8, 4) is 11.5 Å². The van der Waals surface area contributed by atoms with E-state index < -0.39 is 11.0 Å². The van der Waals surface area contributed by atoms with Gasteiger partial charge in [-0.2, -0.15) is 0 Å². The van der Waals surface area contributed by atoms with Crippen molar-refractivity contribution in [3.05, 3.63) is 77.4 Å². The molecule has 37 heavy (non-hydrogen) atoms. The Bertz CT molecular complexity index is 1240. The second-order valence-electron chi connectivity index (χ2n) is 11.0. The topological polar surface area (TPSA) is 73.2 Å². The number of likely N-dealkylation sites (tertiary alicyclic amines) is 1. The van der Waals surface area contributed by atoms with Gasteiger partial charge < -0.3 is 19.8 Å². The molecule has 0 aromatic heterocycles. The van der Waals surface area contributed by atoms with Crippen LogP contribution in [-0.2, 0) is 16.6 Å². The van der Waals surface area contributed by atoms with E-state index in [1.165, 1.54) is 0 Å². The minimum absolute atomic E-state index is 0.0421. The molecule has 6 heteroatoms. The molecular weight excluding hydrogens is 464 g/mol. The SMILES string of the molecule is C=CCN1CC[C@]23C[C@@H](N(C)C(=O)C=Cc4cccc(C)c4)CC[C@@]2(O)[C@H]1Cc1ccc(O)c(OC)c13. The first-order valence-corrected chi connectivity index (χ1v) is 13.2. The summed E-state index contributed by atoms with van der Waals surface area (Å²) in [7, 11) is 3.44. The van der Waals surface area contributed by atoms with Crippen LogP contribution in [0.1, 0.15) is 47.9 Å². The molecular formula is C31H38N2O4. The molecule has 3 aliphatic rings. The van der Waals surface area contributed by atoms with Gasteiger partial charge in [-0.1, -0.05) is 42.0 Å². The average molecular weight is 503 g/mol. The monoisotopic (exact) mass is 502 g/mol. The fourth-order valence-electron chi connectivity index (χ4n) is 7.32. The Labute approximate surface area is 219 Å². The van der Waals surface area contributed by atoms with Crippen molar-refractivity contribution in [2.45, 2.75) is 62.1 Å². The number of ether oxygens (including phenoxy) is 1. The zero-order valence-corrected chi connectivity index (χ0v) is 22.1. The average Bonchev–Trinajstić information content (AvgIpc) is 2.88. The summed E-state index contributed by atoms with van der Waals surface area (Å²) in [5.74, 6) is 0.506. The van der Waals surface area contributed by atoms with Crippen LogP contribution in [0.2, 0.25) is 0 Å². The number of piperidine rings is 1. The van der Waals surface area contributed by atoms with Crippen LogP contribution in [0.25, 0.3) is 6.08 Å². The third-order valence-electron chi connectivity index (χ3n) is 9.13. The van der Waals surface area contributed by atoms with Crippen molar-refractivity contribution in [3.63, 3.8) is 0 Å². The highest BCUT2D eigenvalue weighted by atomic mass is 16.5. The van der Waals surface area contributed by atoms with Crippen molar-refractivity contribution in [2.75, 3.05) is 27.2 Å². The third-order valence-corrected chi connectivity index (χ3v) is 9.13. The number of likely N-dealkylation sites (N-methyl/N-ethyl adjacent to an activating group) is 1. The van der Waals surface area contributed by atoms with E-state index in [4.69, 9.17) is 4.74 Å². The number of methoxy groups -OCH3 is 1. The fraction of sp³-hybridized carbons (Fsp3) is 0.452. The van der Waals surface area contributed by atoms with Gasteiger partial charge in [0.25, 0.3) is 0 Å². The van der Waals surface area contributed by atoms with Crippen molar-refractivity contribution in [1.82, 2.24) is 9.80 Å². The minimum atomic E-state index is -0.986. The highest BCUT2D eigenvalue weighted by molar-refractivity contribution is 5.91. The molecule has 2 bridgehead atoms. The Morgan fingerprint density at radius 2 is 2.11 bits per heavy atom. The van der Waals surface area contributed by atoms with Gasteiger partial charge in [-0.05, 0) is 68.8 Å². The van der Waals surface area contributed by atoms with E-state index in [9.17, 15) is 15.0 Å². The first-order valence-electron chi connectivity index (χ1n) is 13.2. The van der Waals surface area contributed by atoms with Gasteiger partial charge in [0.15, 0.2) is 11.5 Å². The highest BCUT2D eigenvalue weighted by Gasteiger charge is 2.65. The molecule has 2 aliphatic carbocycles. The summed E-state index contributed by atoms with van der Waals surface area (Å²) in [6.07, 6.45) is 8.74. The Morgan fingerprint density at radius 3 is 2.84 bits per heavy atom. The van der Waals surface area contributed by atoms with E-state index in [2.05, 4.69) is 17.5 Å². The summed E-state index contributed by atoms with van der Waals surface area (Å²) < 4.78 is 5.76. The van der Waals surface area contributed by atoms with Gasteiger partial charge in [0.2, 0.25) is 5.91 Å². The van der Waals surface area contributed by atoms with Crippen LogP contribution in [-0.4, -0.2) is 70.9 Å². The van der Waals surface area contributed by atoms with E-state index in [1.807, 2.05) is 55.3 Å². The molecule has 0 unspecified atom stereocenters. The molecule has 196 valence electrons. The number of carbonyl (C=O) groups excluding carboxylic acids is 1. The van der Waals surface area contributed by atoms with Crippen LogP contribution < -0.4 is 4.74 Å². The molecule has 2 N–H and O–H groups in total. The summed E-state index contributed by atoms with van der Waals surface area (Å²) in [4.78, 5) is 17.4. The maximum Gasteiger partial charge on any atom is 0.246 e. The van der Waals surface area contributed by atoms with E-state index in [0.717, 1.165) is 41.8 Å².